The van der Waals surface area contributed by atoms with Crippen molar-refractivity contribution in [3.8, 4) is 0 Å². The summed E-state index contributed by atoms with van der Waals surface area (Å²) in [5, 5.41) is 6.71. The van der Waals surface area contributed by atoms with Gasteiger partial charge < -0.3 is 15.5 Å². The highest BCUT2D eigenvalue weighted by Crippen LogP contribution is 2.21. The highest BCUT2D eigenvalue weighted by Gasteiger charge is 2.26. The van der Waals surface area contributed by atoms with Gasteiger partial charge in [0.2, 0.25) is 15.9 Å². The van der Waals surface area contributed by atoms with Crippen molar-refractivity contribution in [3.05, 3.63) is 24.3 Å². The van der Waals surface area contributed by atoms with Crippen molar-refractivity contribution >= 4 is 38.9 Å². The molecule has 9 heteroatoms. The summed E-state index contributed by atoms with van der Waals surface area (Å²) in [6.45, 7) is 4.30. The van der Waals surface area contributed by atoms with Crippen molar-refractivity contribution in [1.29, 1.82) is 0 Å². The van der Waals surface area contributed by atoms with Crippen LogP contribution in [-0.4, -0.2) is 62.4 Å². The van der Waals surface area contributed by atoms with Crippen molar-refractivity contribution < 1.29 is 13.2 Å². The number of piperidine rings is 1. The van der Waals surface area contributed by atoms with E-state index in [2.05, 4.69) is 17.6 Å². The van der Waals surface area contributed by atoms with Gasteiger partial charge in [0, 0.05) is 45.3 Å². The Hall–Kier alpha value is -1.71. The quantitative estimate of drug-likeness (QED) is 0.478. The molecule has 0 bridgehead atoms. The van der Waals surface area contributed by atoms with Gasteiger partial charge >= 0.3 is 0 Å². The molecule has 1 amide bonds. The predicted molar refractivity (Wildman–Crippen MR) is 120 cm³/mol. The molecule has 0 atom stereocenters. The first-order valence-electron chi connectivity index (χ1n) is 10.1. The number of carbonyl (C=O) groups excluding carboxylic acids is 1. The lowest BCUT2D eigenvalue weighted by atomic mass is 9.96. The molecule has 162 valence electrons. The number of rotatable bonds is 8. The van der Waals surface area contributed by atoms with E-state index in [4.69, 9.17) is 12.2 Å². The third-order valence-corrected chi connectivity index (χ3v) is 7.27. The number of anilines is 1. The largest absolute Gasteiger partial charge is 0.356 e. The standard InChI is InChI=1S/C20H32N4O3S2/c1-4-5-6-12-21-19(25)16-10-13-24(14-11-16)20(28)22-17-8-7-9-18(15-17)29(26,27)23(2)3/h7-9,15-16H,4-6,10-14H2,1-3H3,(H,21,25)(H,22,28). The monoisotopic (exact) mass is 440 g/mol. The molecule has 2 rings (SSSR count). The second kappa shape index (κ2) is 10.9. The molecule has 2 N–H and O–H groups in total. The zero-order chi connectivity index (χ0) is 21.4. The summed E-state index contributed by atoms with van der Waals surface area (Å²) in [6.07, 6.45) is 4.82. The van der Waals surface area contributed by atoms with Crippen LogP contribution < -0.4 is 10.6 Å². The van der Waals surface area contributed by atoms with Gasteiger partial charge in [-0.1, -0.05) is 25.8 Å². The SMILES string of the molecule is CCCCCNC(=O)C1CCN(C(=S)Nc2cccc(S(=O)(=O)N(C)C)c2)CC1. The van der Waals surface area contributed by atoms with E-state index >= 15 is 0 Å². The lowest BCUT2D eigenvalue weighted by Gasteiger charge is -2.33. The van der Waals surface area contributed by atoms with Crippen LogP contribution in [-0.2, 0) is 14.8 Å². The van der Waals surface area contributed by atoms with Gasteiger partial charge in [0.1, 0.15) is 0 Å². The minimum Gasteiger partial charge on any atom is -0.356 e. The molecule has 0 saturated carbocycles. The molecule has 1 aliphatic heterocycles. The number of amides is 1. The Balaban J connectivity index is 1.87. The number of benzene rings is 1. The Morgan fingerprint density at radius 3 is 2.55 bits per heavy atom. The minimum absolute atomic E-state index is 0.0317. The minimum atomic E-state index is -3.50. The fourth-order valence-corrected chi connectivity index (χ4v) is 4.47. The molecule has 1 heterocycles. The normalized spacial score (nSPS) is 15.4. The highest BCUT2D eigenvalue weighted by molar-refractivity contribution is 7.89. The molecule has 0 radical (unpaired) electrons. The Labute approximate surface area is 179 Å². The maximum Gasteiger partial charge on any atom is 0.242 e. The zero-order valence-corrected chi connectivity index (χ0v) is 19.1. The molecule has 29 heavy (non-hydrogen) atoms. The lowest BCUT2D eigenvalue weighted by molar-refractivity contribution is -0.126. The first-order valence-corrected chi connectivity index (χ1v) is 12.0. The molecule has 1 fully saturated rings. The van der Waals surface area contributed by atoms with Crippen LogP contribution in [0.15, 0.2) is 29.2 Å². The Bertz CT molecular complexity index is 804. The fraction of sp³-hybridized carbons (Fsp3) is 0.600. The van der Waals surface area contributed by atoms with Gasteiger partial charge in [-0.2, -0.15) is 0 Å². The number of likely N-dealkylation sites (tertiary alicyclic amines) is 1. The van der Waals surface area contributed by atoms with E-state index in [1.807, 2.05) is 4.90 Å². The molecule has 1 aromatic rings. The molecule has 1 aromatic carbocycles. The van der Waals surface area contributed by atoms with Crippen LogP contribution >= 0.6 is 12.2 Å². The number of nitrogens with one attached hydrogen (secondary N) is 2. The van der Waals surface area contributed by atoms with Crippen LogP contribution in [0, 0.1) is 5.92 Å². The second-order valence-corrected chi connectivity index (χ2v) is 10.0. The second-order valence-electron chi connectivity index (χ2n) is 7.50. The average molecular weight is 441 g/mol. The van der Waals surface area contributed by atoms with Crippen molar-refractivity contribution in [2.75, 3.05) is 39.0 Å². The van der Waals surface area contributed by atoms with Crippen LogP contribution in [0.4, 0.5) is 5.69 Å². The molecule has 0 aromatic heterocycles. The predicted octanol–water partition coefficient (Wildman–Crippen LogP) is 2.65. The molecule has 0 spiro atoms. The molecule has 0 unspecified atom stereocenters. The topological polar surface area (TPSA) is 81.8 Å². The number of hydrogen-bond acceptors (Lipinski definition) is 4. The van der Waals surface area contributed by atoms with Crippen LogP contribution in [0.5, 0.6) is 0 Å². The van der Waals surface area contributed by atoms with E-state index in [0.29, 0.717) is 23.9 Å². The van der Waals surface area contributed by atoms with E-state index in [0.717, 1.165) is 38.6 Å². The number of unbranched alkanes of at least 4 members (excludes halogenated alkanes) is 2. The van der Waals surface area contributed by atoms with Crippen molar-refractivity contribution in [2.45, 2.75) is 43.9 Å². The first kappa shape index (κ1) is 23.6. The van der Waals surface area contributed by atoms with Gasteiger partial charge in [0.25, 0.3) is 0 Å². The summed E-state index contributed by atoms with van der Waals surface area (Å²) in [6, 6.07) is 6.63. The molecular weight excluding hydrogens is 408 g/mol. The summed E-state index contributed by atoms with van der Waals surface area (Å²) < 4.78 is 25.8. The number of carbonyl (C=O) groups is 1. The van der Waals surface area contributed by atoms with Crippen molar-refractivity contribution in [3.63, 3.8) is 0 Å². The zero-order valence-electron chi connectivity index (χ0n) is 17.5. The molecule has 1 aliphatic rings. The molecule has 7 nitrogen and oxygen atoms in total. The van der Waals surface area contributed by atoms with Crippen LogP contribution in [0.1, 0.15) is 39.0 Å². The number of nitrogens with zero attached hydrogens (tertiary/aromatic N) is 2. The molecular formula is C20H32N4O3S2. The summed E-state index contributed by atoms with van der Waals surface area (Å²) in [5.74, 6) is 0.172. The average Bonchev–Trinajstić information content (AvgIpc) is 2.71. The smallest absolute Gasteiger partial charge is 0.242 e. The Morgan fingerprint density at radius 1 is 1.24 bits per heavy atom. The van der Waals surface area contributed by atoms with Crippen molar-refractivity contribution in [2.24, 2.45) is 5.92 Å². The van der Waals surface area contributed by atoms with Gasteiger partial charge in [-0.3, -0.25) is 4.79 Å². The summed E-state index contributed by atoms with van der Waals surface area (Å²) in [5.41, 5.74) is 0.633. The summed E-state index contributed by atoms with van der Waals surface area (Å²) in [4.78, 5) is 14.5. The number of thiocarbonyl (C=S) groups is 1. The first-order chi connectivity index (χ1) is 13.8. The van der Waals surface area contributed by atoms with Gasteiger partial charge in [-0.25, -0.2) is 12.7 Å². The van der Waals surface area contributed by atoms with Gasteiger partial charge in [0.05, 0.1) is 4.90 Å². The maximum atomic E-state index is 12.3. The van der Waals surface area contributed by atoms with E-state index in [1.54, 1.807) is 24.3 Å². The van der Waals surface area contributed by atoms with Crippen molar-refractivity contribution in [1.82, 2.24) is 14.5 Å². The third-order valence-electron chi connectivity index (χ3n) is 5.10. The van der Waals surface area contributed by atoms with E-state index in [9.17, 15) is 13.2 Å². The van der Waals surface area contributed by atoms with E-state index in [1.165, 1.54) is 18.4 Å². The van der Waals surface area contributed by atoms with Crippen LogP contribution in [0.25, 0.3) is 0 Å². The van der Waals surface area contributed by atoms with Gasteiger partial charge in [0.15, 0.2) is 5.11 Å². The fourth-order valence-electron chi connectivity index (χ4n) is 3.22. The third kappa shape index (κ3) is 6.65. The summed E-state index contributed by atoms with van der Waals surface area (Å²) >= 11 is 5.50. The van der Waals surface area contributed by atoms with Crippen LogP contribution in [0.2, 0.25) is 0 Å². The maximum absolute atomic E-state index is 12.3. The van der Waals surface area contributed by atoms with E-state index < -0.39 is 10.0 Å². The molecule has 1 saturated heterocycles. The van der Waals surface area contributed by atoms with Crippen LogP contribution in [0.3, 0.4) is 0 Å². The number of sulfonamides is 1. The lowest BCUT2D eigenvalue weighted by Crippen LogP contribution is -2.44. The van der Waals surface area contributed by atoms with E-state index in [-0.39, 0.29) is 16.7 Å². The highest BCUT2D eigenvalue weighted by atomic mass is 32.2. The Morgan fingerprint density at radius 2 is 1.93 bits per heavy atom. The Kier molecular flexibility index (Phi) is 8.85. The number of hydrogen-bond donors (Lipinski definition) is 2. The van der Waals surface area contributed by atoms with Gasteiger partial charge in [-0.15, -0.1) is 0 Å². The van der Waals surface area contributed by atoms with Gasteiger partial charge in [-0.05, 0) is 49.7 Å². The molecule has 0 aliphatic carbocycles. The summed E-state index contributed by atoms with van der Waals surface area (Å²) in [7, 11) is -0.488.